The Morgan fingerprint density at radius 1 is 1.24 bits per heavy atom. The van der Waals surface area contributed by atoms with Crippen LogP contribution in [0.4, 0.5) is 0 Å². The van der Waals surface area contributed by atoms with Crippen molar-refractivity contribution in [2.24, 2.45) is 0 Å². The Labute approximate surface area is 131 Å². The number of hydrogen-bond acceptors (Lipinski definition) is 3. The number of likely N-dealkylation sites (N-methyl/N-ethyl adjacent to an activating group) is 1. The van der Waals surface area contributed by atoms with E-state index in [1.807, 2.05) is 32.2 Å². The highest BCUT2D eigenvalue weighted by molar-refractivity contribution is 6.31. The number of furan rings is 1. The van der Waals surface area contributed by atoms with Crippen LogP contribution in [0, 0.1) is 0 Å². The standard InChI is InChI=1S/C17H24ClNO2/c1-5-17(6-2,20-7-3)16(19-4)15-11-12-10-13(18)8-9-14(12)21-15/h8-11,16,19H,5-7H2,1-4H3. The van der Waals surface area contributed by atoms with Gasteiger partial charge in [-0.25, -0.2) is 0 Å². The normalized spacial score (nSPS) is 13.8. The molecule has 1 heterocycles. The molecule has 1 aromatic carbocycles. The van der Waals surface area contributed by atoms with Gasteiger partial charge in [0.25, 0.3) is 0 Å². The summed E-state index contributed by atoms with van der Waals surface area (Å²) < 4.78 is 12.1. The Balaban J connectivity index is 2.46. The van der Waals surface area contributed by atoms with Crippen LogP contribution in [0.25, 0.3) is 11.0 Å². The maximum absolute atomic E-state index is 6.11. The van der Waals surface area contributed by atoms with Crippen molar-refractivity contribution >= 4 is 22.6 Å². The number of fused-ring (bicyclic) bond motifs is 1. The van der Waals surface area contributed by atoms with Crippen LogP contribution in [0.5, 0.6) is 0 Å². The van der Waals surface area contributed by atoms with Crippen molar-refractivity contribution in [2.75, 3.05) is 13.7 Å². The van der Waals surface area contributed by atoms with Gasteiger partial charge in [0.2, 0.25) is 0 Å². The fourth-order valence-corrected chi connectivity index (χ4v) is 3.26. The Kier molecular flexibility index (Phi) is 5.31. The highest BCUT2D eigenvalue weighted by atomic mass is 35.5. The van der Waals surface area contributed by atoms with Crippen LogP contribution in [0.2, 0.25) is 5.02 Å². The van der Waals surface area contributed by atoms with Gasteiger partial charge in [0.05, 0.1) is 11.6 Å². The summed E-state index contributed by atoms with van der Waals surface area (Å²) in [5.74, 6) is 0.895. The quantitative estimate of drug-likeness (QED) is 0.786. The molecule has 1 aromatic heterocycles. The molecule has 0 amide bonds. The Morgan fingerprint density at radius 2 is 1.95 bits per heavy atom. The van der Waals surface area contributed by atoms with Crippen molar-refractivity contribution in [1.82, 2.24) is 5.32 Å². The number of nitrogens with one attached hydrogen (secondary N) is 1. The maximum atomic E-state index is 6.11. The van der Waals surface area contributed by atoms with Gasteiger partial charge in [-0.2, -0.15) is 0 Å². The van der Waals surface area contributed by atoms with Crippen LogP contribution < -0.4 is 5.32 Å². The zero-order chi connectivity index (χ0) is 15.5. The van der Waals surface area contributed by atoms with Crippen LogP contribution in [-0.2, 0) is 4.74 Å². The second-order valence-corrected chi connectivity index (χ2v) is 5.69. The highest BCUT2D eigenvalue weighted by Gasteiger charge is 2.38. The molecule has 1 atom stereocenters. The molecule has 2 rings (SSSR count). The van der Waals surface area contributed by atoms with E-state index < -0.39 is 0 Å². The molecule has 0 saturated carbocycles. The SMILES string of the molecule is CCOC(CC)(CC)C(NC)c1cc2cc(Cl)ccc2o1. The summed E-state index contributed by atoms with van der Waals surface area (Å²) in [4.78, 5) is 0. The van der Waals surface area contributed by atoms with Crippen LogP contribution in [0.15, 0.2) is 28.7 Å². The Bertz CT molecular complexity index is 589. The van der Waals surface area contributed by atoms with E-state index in [1.165, 1.54) is 0 Å². The van der Waals surface area contributed by atoms with Gasteiger partial charge >= 0.3 is 0 Å². The van der Waals surface area contributed by atoms with Gasteiger partial charge in [-0.15, -0.1) is 0 Å². The number of ether oxygens (including phenoxy) is 1. The van der Waals surface area contributed by atoms with Crippen LogP contribution in [-0.4, -0.2) is 19.3 Å². The highest BCUT2D eigenvalue weighted by Crippen LogP contribution is 2.37. The molecule has 0 fully saturated rings. The summed E-state index contributed by atoms with van der Waals surface area (Å²) in [6.45, 7) is 7.03. The van der Waals surface area contributed by atoms with E-state index in [4.69, 9.17) is 20.8 Å². The first kappa shape index (κ1) is 16.3. The average Bonchev–Trinajstić information content (AvgIpc) is 2.89. The topological polar surface area (TPSA) is 34.4 Å². The van der Waals surface area contributed by atoms with E-state index in [2.05, 4.69) is 25.2 Å². The summed E-state index contributed by atoms with van der Waals surface area (Å²) in [6.07, 6.45) is 1.83. The maximum Gasteiger partial charge on any atom is 0.134 e. The van der Waals surface area contributed by atoms with Crippen molar-refractivity contribution in [3.05, 3.63) is 35.0 Å². The van der Waals surface area contributed by atoms with Crippen molar-refractivity contribution in [1.29, 1.82) is 0 Å². The zero-order valence-corrected chi connectivity index (χ0v) is 14.0. The van der Waals surface area contributed by atoms with Crippen LogP contribution in [0.3, 0.4) is 0 Å². The number of benzene rings is 1. The third-order valence-corrected chi connectivity index (χ3v) is 4.46. The minimum Gasteiger partial charge on any atom is -0.459 e. The molecule has 1 unspecified atom stereocenters. The number of halogens is 1. The zero-order valence-electron chi connectivity index (χ0n) is 13.2. The van der Waals surface area contributed by atoms with Crippen LogP contribution >= 0.6 is 11.6 Å². The molecule has 4 heteroatoms. The third-order valence-electron chi connectivity index (χ3n) is 4.23. The molecule has 0 aliphatic rings. The molecule has 0 aliphatic heterocycles. The van der Waals surface area contributed by atoms with Gasteiger partial charge in [-0.3, -0.25) is 0 Å². The average molecular weight is 310 g/mol. The first-order valence-corrected chi connectivity index (χ1v) is 7.98. The summed E-state index contributed by atoms with van der Waals surface area (Å²) in [5, 5.41) is 5.11. The Hall–Kier alpha value is -1.03. The molecule has 0 aliphatic carbocycles. The summed E-state index contributed by atoms with van der Waals surface area (Å²) >= 11 is 6.05. The molecule has 0 bridgehead atoms. The van der Waals surface area contributed by atoms with Gasteiger partial charge < -0.3 is 14.5 Å². The lowest BCUT2D eigenvalue weighted by Crippen LogP contribution is -2.44. The third kappa shape index (κ3) is 3.10. The van der Waals surface area contributed by atoms with Crippen molar-refractivity contribution in [3.8, 4) is 0 Å². The molecular weight excluding hydrogens is 286 g/mol. The minimum atomic E-state index is -0.263. The number of hydrogen-bond donors (Lipinski definition) is 1. The van der Waals surface area contributed by atoms with Crippen LogP contribution in [0.1, 0.15) is 45.4 Å². The van der Waals surface area contributed by atoms with Gasteiger partial charge in [0.1, 0.15) is 11.3 Å². The molecule has 0 saturated heterocycles. The summed E-state index contributed by atoms with van der Waals surface area (Å²) in [6, 6.07) is 7.76. The predicted octanol–water partition coefficient (Wildman–Crippen LogP) is 4.94. The lowest BCUT2D eigenvalue weighted by Gasteiger charge is -2.38. The van der Waals surface area contributed by atoms with Crippen molar-refractivity contribution < 1.29 is 9.15 Å². The first-order valence-electron chi connectivity index (χ1n) is 7.60. The molecular formula is C17H24ClNO2. The largest absolute Gasteiger partial charge is 0.459 e. The summed E-state index contributed by atoms with van der Waals surface area (Å²) in [7, 11) is 1.95. The van der Waals surface area contributed by atoms with Crippen molar-refractivity contribution in [2.45, 2.75) is 45.3 Å². The second-order valence-electron chi connectivity index (χ2n) is 5.26. The second kappa shape index (κ2) is 6.82. The lowest BCUT2D eigenvalue weighted by molar-refractivity contribution is -0.0757. The van der Waals surface area contributed by atoms with E-state index in [0.717, 1.165) is 34.6 Å². The van der Waals surface area contributed by atoms with Gasteiger partial charge in [-0.1, -0.05) is 25.4 Å². The molecule has 0 radical (unpaired) electrons. The molecule has 3 nitrogen and oxygen atoms in total. The molecule has 21 heavy (non-hydrogen) atoms. The molecule has 116 valence electrons. The van der Waals surface area contributed by atoms with E-state index in [-0.39, 0.29) is 11.6 Å². The van der Waals surface area contributed by atoms with Gasteiger partial charge in [-0.05, 0) is 51.1 Å². The summed E-state index contributed by atoms with van der Waals surface area (Å²) in [5.41, 5.74) is 0.591. The van der Waals surface area contributed by atoms with E-state index in [0.29, 0.717) is 6.61 Å². The fraction of sp³-hybridized carbons (Fsp3) is 0.529. The molecule has 1 N–H and O–H groups in total. The molecule has 2 aromatic rings. The van der Waals surface area contributed by atoms with E-state index >= 15 is 0 Å². The van der Waals surface area contributed by atoms with Gasteiger partial charge in [0.15, 0.2) is 0 Å². The molecule has 0 spiro atoms. The smallest absolute Gasteiger partial charge is 0.134 e. The number of rotatable bonds is 7. The monoisotopic (exact) mass is 309 g/mol. The predicted molar refractivity (Wildman–Crippen MR) is 88.0 cm³/mol. The van der Waals surface area contributed by atoms with Gasteiger partial charge in [0, 0.05) is 17.0 Å². The Morgan fingerprint density at radius 3 is 2.52 bits per heavy atom. The first-order chi connectivity index (χ1) is 10.1. The fourth-order valence-electron chi connectivity index (χ4n) is 3.07. The minimum absolute atomic E-state index is 0.0126. The van der Waals surface area contributed by atoms with Crippen molar-refractivity contribution in [3.63, 3.8) is 0 Å². The van der Waals surface area contributed by atoms with E-state index in [1.54, 1.807) is 0 Å². The lowest BCUT2D eigenvalue weighted by atomic mass is 9.86. The van der Waals surface area contributed by atoms with E-state index in [9.17, 15) is 0 Å².